The predicted octanol–water partition coefficient (Wildman–Crippen LogP) is 3.36. The van der Waals surface area contributed by atoms with Gasteiger partial charge in [-0.3, -0.25) is 4.79 Å². The summed E-state index contributed by atoms with van der Waals surface area (Å²) in [6.07, 6.45) is 0. The summed E-state index contributed by atoms with van der Waals surface area (Å²) in [5.74, 6) is 0.341. The van der Waals surface area contributed by atoms with E-state index in [-0.39, 0.29) is 11.4 Å². The number of alkyl halides is 1. The standard InChI is InChI=1S/C14H20ClNO/c1-9-6-10(2)12(11(3)7-9)13(17)16-14(4,5)8-15/h6-7H,8H2,1-5H3,(H,16,17). The number of rotatable bonds is 3. The van der Waals surface area contributed by atoms with Gasteiger partial charge >= 0.3 is 0 Å². The van der Waals surface area contributed by atoms with Crippen LogP contribution in [0.2, 0.25) is 0 Å². The van der Waals surface area contributed by atoms with E-state index >= 15 is 0 Å². The van der Waals surface area contributed by atoms with Crippen molar-refractivity contribution in [3.8, 4) is 0 Å². The van der Waals surface area contributed by atoms with E-state index in [1.165, 1.54) is 5.56 Å². The van der Waals surface area contributed by atoms with Crippen molar-refractivity contribution in [2.75, 3.05) is 5.88 Å². The van der Waals surface area contributed by atoms with Crippen molar-refractivity contribution >= 4 is 17.5 Å². The van der Waals surface area contributed by atoms with Gasteiger partial charge in [0.15, 0.2) is 0 Å². The molecule has 0 atom stereocenters. The van der Waals surface area contributed by atoms with E-state index in [2.05, 4.69) is 5.32 Å². The minimum Gasteiger partial charge on any atom is -0.346 e. The van der Waals surface area contributed by atoms with Crippen LogP contribution >= 0.6 is 11.6 Å². The number of carbonyl (C=O) groups is 1. The molecule has 0 spiro atoms. The Bertz CT molecular complexity index is 415. The van der Waals surface area contributed by atoms with Crippen LogP contribution < -0.4 is 5.32 Å². The van der Waals surface area contributed by atoms with Crippen LogP contribution in [0.25, 0.3) is 0 Å². The molecule has 0 aromatic heterocycles. The quantitative estimate of drug-likeness (QED) is 0.823. The predicted molar refractivity (Wildman–Crippen MR) is 72.9 cm³/mol. The third-order valence-electron chi connectivity index (χ3n) is 2.69. The molecule has 94 valence electrons. The third kappa shape index (κ3) is 3.47. The molecular formula is C14H20ClNO. The molecule has 0 radical (unpaired) electrons. The van der Waals surface area contributed by atoms with Gasteiger partial charge < -0.3 is 5.32 Å². The van der Waals surface area contributed by atoms with Crippen LogP contribution in [0.5, 0.6) is 0 Å². The molecule has 1 amide bonds. The Morgan fingerprint density at radius 3 is 2.12 bits per heavy atom. The highest BCUT2D eigenvalue weighted by atomic mass is 35.5. The first-order valence-electron chi connectivity index (χ1n) is 5.73. The lowest BCUT2D eigenvalue weighted by atomic mass is 9.98. The molecule has 1 aromatic rings. The van der Waals surface area contributed by atoms with Crippen molar-refractivity contribution in [3.63, 3.8) is 0 Å². The fourth-order valence-corrected chi connectivity index (χ4v) is 2.01. The fraction of sp³-hybridized carbons (Fsp3) is 0.500. The molecule has 0 bridgehead atoms. The second kappa shape index (κ2) is 5.09. The zero-order chi connectivity index (χ0) is 13.2. The minimum atomic E-state index is -0.387. The molecule has 17 heavy (non-hydrogen) atoms. The van der Waals surface area contributed by atoms with Gasteiger partial charge in [0.05, 0.1) is 0 Å². The number of benzene rings is 1. The number of aryl methyl sites for hydroxylation is 3. The van der Waals surface area contributed by atoms with Crippen LogP contribution in [0.4, 0.5) is 0 Å². The molecule has 1 aromatic carbocycles. The van der Waals surface area contributed by atoms with Crippen LogP contribution in [-0.4, -0.2) is 17.3 Å². The van der Waals surface area contributed by atoms with Crippen molar-refractivity contribution in [2.45, 2.75) is 40.2 Å². The van der Waals surface area contributed by atoms with Gasteiger partial charge in [-0.2, -0.15) is 0 Å². The van der Waals surface area contributed by atoms with Gasteiger partial charge in [-0.15, -0.1) is 11.6 Å². The van der Waals surface area contributed by atoms with E-state index in [1.807, 2.05) is 46.8 Å². The van der Waals surface area contributed by atoms with Crippen LogP contribution in [-0.2, 0) is 0 Å². The lowest BCUT2D eigenvalue weighted by Gasteiger charge is -2.24. The van der Waals surface area contributed by atoms with Crippen molar-refractivity contribution < 1.29 is 4.79 Å². The van der Waals surface area contributed by atoms with Gasteiger partial charge in [0, 0.05) is 17.0 Å². The first-order chi connectivity index (χ1) is 7.76. The van der Waals surface area contributed by atoms with E-state index in [9.17, 15) is 4.79 Å². The maximum atomic E-state index is 12.2. The molecule has 0 aliphatic rings. The number of hydrogen-bond donors (Lipinski definition) is 1. The second-order valence-electron chi connectivity index (χ2n) is 5.25. The van der Waals surface area contributed by atoms with Crippen molar-refractivity contribution in [2.24, 2.45) is 0 Å². The molecule has 2 nitrogen and oxygen atoms in total. The number of halogens is 1. The largest absolute Gasteiger partial charge is 0.346 e. The molecule has 0 aliphatic heterocycles. The monoisotopic (exact) mass is 253 g/mol. The molecule has 0 saturated carbocycles. The fourth-order valence-electron chi connectivity index (χ4n) is 1.94. The smallest absolute Gasteiger partial charge is 0.252 e. The van der Waals surface area contributed by atoms with Crippen LogP contribution in [0.3, 0.4) is 0 Å². The number of amides is 1. The number of hydrogen-bond acceptors (Lipinski definition) is 1. The second-order valence-corrected chi connectivity index (χ2v) is 5.51. The summed E-state index contributed by atoms with van der Waals surface area (Å²) in [4.78, 5) is 12.2. The summed E-state index contributed by atoms with van der Waals surface area (Å²) in [6, 6.07) is 4.05. The number of carbonyl (C=O) groups excluding carboxylic acids is 1. The van der Waals surface area contributed by atoms with E-state index < -0.39 is 0 Å². The lowest BCUT2D eigenvalue weighted by molar-refractivity contribution is 0.0919. The summed E-state index contributed by atoms with van der Waals surface area (Å²) < 4.78 is 0. The highest BCUT2D eigenvalue weighted by Crippen LogP contribution is 2.17. The number of nitrogens with one attached hydrogen (secondary N) is 1. The van der Waals surface area contributed by atoms with Gasteiger partial charge in [0.2, 0.25) is 0 Å². The van der Waals surface area contributed by atoms with E-state index in [4.69, 9.17) is 11.6 Å². The highest BCUT2D eigenvalue weighted by molar-refractivity contribution is 6.18. The first-order valence-corrected chi connectivity index (χ1v) is 6.26. The molecule has 0 saturated heterocycles. The van der Waals surface area contributed by atoms with Gasteiger partial charge in [0.25, 0.3) is 5.91 Å². The Hall–Kier alpha value is -1.02. The topological polar surface area (TPSA) is 29.1 Å². The average Bonchev–Trinajstić information content (AvgIpc) is 2.14. The Kier molecular flexibility index (Phi) is 4.21. The van der Waals surface area contributed by atoms with Gasteiger partial charge in [-0.1, -0.05) is 17.7 Å². The third-order valence-corrected chi connectivity index (χ3v) is 3.36. The Balaban J connectivity index is 3.05. The molecule has 1 N–H and O–H groups in total. The Morgan fingerprint density at radius 1 is 1.24 bits per heavy atom. The van der Waals surface area contributed by atoms with Crippen LogP contribution in [0.1, 0.15) is 40.9 Å². The van der Waals surface area contributed by atoms with Crippen LogP contribution in [0.15, 0.2) is 12.1 Å². The lowest BCUT2D eigenvalue weighted by Crippen LogP contribution is -2.45. The Labute approximate surface area is 108 Å². The first kappa shape index (κ1) is 14.0. The summed E-state index contributed by atoms with van der Waals surface area (Å²) in [6.45, 7) is 9.78. The zero-order valence-electron chi connectivity index (χ0n) is 11.1. The maximum absolute atomic E-state index is 12.2. The summed E-state index contributed by atoms with van der Waals surface area (Å²) in [5.41, 5.74) is 3.56. The minimum absolute atomic E-state index is 0.0503. The van der Waals surface area contributed by atoms with Crippen molar-refractivity contribution in [1.82, 2.24) is 5.32 Å². The van der Waals surface area contributed by atoms with Crippen LogP contribution in [0, 0.1) is 20.8 Å². The maximum Gasteiger partial charge on any atom is 0.252 e. The van der Waals surface area contributed by atoms with Gasteiger partial charge in [-0.05, 0) is 45.7 Å². The van der Waals surface area contributed by atoms with Crippen molar-refractivity contribution in [3.05, 3.63) is 34.4 Å². The summed E-state index contributed by atoms with van der Waals surface area (Å²) in [7, 11) is 0. The molecule has 1 rings (SSSR count). The molecule has 0 unspecified atom stereocenters. The molecular weight excluding hydrogens is 234 g/mol. The van der Waals surface area contributed by atoms with Gasteiger partial charge in [-0.25, -0.2) is 0 Å². The normalized spacial score (nSPS) is 11.4. The zero-order valence-corrected chi connectivity index (χ0v) is 11.9. The molecule has 0 aliphatic carbocycles. The highest BCUT2D eigenvalue weighted by Gasteiger charge is 2.22. The average molecular weight is 254 g/mol. The van der Waals surface area contributed by atoms with E-state index in [0.717, 1.165) is 16.7 Å². The summed E-state index contributed by atoms with van der Waals surface area (Å²) in [5, 5.41) is 2.95. The van der Waals surface area contributed by atoms with E-state index in [1.54, 1.807) is 0 Å². The SMILES string of the molecule is Cc1cc(C)c(C(=O)NC(C)(C)CCl)c(C)c1. The molecule has 0 fully saturated rings. The summed E-state index contributed by atoms with van der Waals surface area (Å²) >= 11 is 5.81. The van der Waals surface area contributed by atoms with Gasteiger partial charge in [0.1, 0.15) is 0 Å². The Morgan fingerprint density at radius 2 is 1.71 bits per heavy atom. The molecule has 3 heteroatoms. The van der Waals surface area contributed by atoms with E-state index in [0.29, 0.717) is 5.88 Å². The van der Waals surface area contributed by atoms with Crippen molar-refractivity contribution in [1.29, 1.82) is 0 Å². The molecule has 0 heterocycles.